The Hall–Kier alpha value is -1.32. The van der Waals surface area contributed by atoms with Gasteiger partial charge in [0.1, 0.15) is 5.76 Å². The van der Waals surface area contributed by atoms with Crippen LogP contribution in [0.1, 0.15) is 18.4 Å². The van der Waals surface area contributed by atoms with Crippen LogP contribution >= 0.6 is 0 Å². The van der Waals surface area contributed by atoms with Gasteiger partial charge in [-0.15, -0.1) is 0 Å². The summed E-state index contributed by atoms with van der Waals surface area (Å²) in [6.07, 6.45) is 0.399. The largest absolute Gasteiger partial charge is 0.481 e. The van der Waals surface area contributed by atoms with Gasteiger partial charge in [-0.25, -0.2) is 0 Å². The van der Waals surface area contributed by atoms with Crippen molar-refractivity contribution in [2.24, 2.45) is 5.92 Å². The first kappa shape index (κ1) is 8.77. The van der Waals surface area contributed by atoms with E-state index < -0.39 is 11.9 Å². The second-order valence-corrected chi connectivity index (χ2v) is 2.88. The van der Waals surface area contributed by atoms with Crippen molar-refractivity contribution in [2.75, 3.05) is 0 Å². The van der Waals surface area contributed by atoms with E-state index in [1.165, 1.54) is 0 Å². The maximum Gasteiger partial charge on any atom is 0.306 e. The quantitative estimate of drug-likeness (QED) is 0.739. The monoisotopic (exact) mass is 169 g/mol. The number of carbonyl (C=O) groups is 1. The fourth-order valence-electron chi connectivity index (χ4n) is 0.902. The van der Waals surface area contributed by atoms with Gasteiger partial charge in [0, 0.05) is 12.5 Å². The standard InChI is InChI=1S/C8H11NO3/c1-5(8(10)11)3-7-4-6(2)9-12-7/h4-5H,3H2,1-2H3,(H,10,11). The lowest BCUT2D eigenvalue weighted by Gasteiger charge is -2.00. The first-order chi connectivity index (χ1) is 5.59. The van der Waals surface area contributed by atoms with Crippen molar-refractivity contribution in [1.29, 1.82) is 0 Å². The minimum Gasteiger partial charge on any atom is -0.481 e. The molecule has 4 nitrogen and oxygen atoms in total. The van der Waals surface area contributed by atoms with Crippen molar-refractivity contribution in [3.8, 4) is 0 Å². The molecule has 0 fully saturated rings. The maximum absolute atomic E-state index is 10.4. The van der Waals surface area contributed by atoms with Crippen molar-refractivity contribution in [2.45, 2.75) is 20.3 Å². The third-order valence-electron chi connectivity index (χ3n) is 1.61. The summed E-state index contributed by atoms with van der Waals surface area (Å²) in [7, 11) is 0. The minimum absolute atomic E-state index is 0.399. The summed E-state index contributed by atoms with van der Waals surface area (Å²) < 4.78 is 4.87. The Balaban J connectivity index is 2.58. The van der Waals surface area contributed by atoms with Gasteiger partial charge in [-0.05, 0) is 6.92 Å². The van der Waals surface area contributed by atoms with E-state index in [9.17, 15) is 4.79 Å². The third-order valence-corrected chi connectivity index (χ3v) is 1.61. The van der Waals surface area contributed by atoms with Crippen LogP contribution in [0.2, 0.25) is 0 Å². The Morgan fingerprint density at radius 1 is 1.83 bits per heavy atom. The molecule has 1 atom stereocenters. The van der Waals surface area contributed by atoms with Gasteiger partial charge < -0.3 is 9.63 Å². The first-order valence-corrected chi connectivity index (χ1v) is 3.74. The van der Waals surface area contributed by atoms with Crippen LogP contribution in [0.4, 0.5) is 0 Å². The van der Waals surface area contributed by atoms with Crippen LogP contribution in [0.25, 0.3) is 0 Å². The van der Waals surface area contributed by atoms with Gasteiger partial charge in [-0.1, -0.05) is 12.1 Å². The predicted molar refractivity (Wildman–Crippen MR) is 41.7 cm³/mol. The highest BCUT2D eigenvalue weighted by atomic mass is 16.5. The van der Waals surface area contributed by atoms with Gasteiger partial charge in [0.25, 0.3) is 0 Å². The van der Waals surface area contributed by atoms with E-state index in [0.29, 0.717) is 12.2 Å². The Bertz CT molecular complexity index is 280. The van der Waals surface area contributed by atoms with Crippen LogP contribution in [0.5, 0.6) is 0 Å². The smallest absolute Gasteiger partial charge is 0.306 e. The zero-order valence-electron chi connectivity index (χ0n) is 7.07. The van der Waals surface area contributed by atoms with E-state index in [1.807, 2.05) is 0 Å². The summed E-state index contributed by atoms with van der Waals surface area (Å²) in [4.78, 5) is 10.4. The van der Waals surface area contributed by atoms with Gasteiger partial charge >= 0.3 is 5.97 Å². The summed E-state index contributed by atoms with van der Waals surface area (Å²) in [6, 6.07) is 1.75. The lowest BCUT2D eigenvalue weighted by molar-refractivity contribution is -0.141. The topological polar surface area (TPSA) is 63.3 Å². The highest BCUT2D eigenvalue weighted by molar-refractivity contribution is 5.69. The molecule has 0 radical (unpaired) electrons. The van der Waals surface area contributed by atoms with E-state index >= 15 is 0 Å². The average molecular weight is 169 g/mol. The van der Waals surface area contributed by atoms with E-state index in [1.54, 1.807) is 19.9 Å². The molecule has 1 heterocycles. The minimum atomic E-state index is -0.816. The molecule has 1 rings (SSSR count). The summed E-state index contributed by atoms with van der Waals surface area (Å²) >= 11 is 0. The van der Waals surface area contributed by atoms with Gasteiger partial charge in [-0.2, -0.15) is 0 Å². The van der Waals surface area contributed by atoms with Crippen LogP contribution < -0.4 is 0 Å². The number of carboxylic acid groups (broad SMARTS) is 1. The predicted octanol–water partition coefficient (Wildman–Crippen LogP) is 1.25. The summed E-state index contributed by atoms with van der Waals surface area (Å²) in [5.74, 6) is -0.608. The second-order valence-electron chi connectivity index (χ2n) is 2.88. The molecule has 4 heteroatoms. The summed E-state index contributed by atoms with van der Waals surface area (Å²) in [5.41, 5.74) is 0.780. The molecule has 1 aromatic heterocycles. The summed E-state index contributed by atoms with van der Waals surface area (Å²) in [6.45, 7) is 3.44. The number of hydrogen-bond donors (Lipinski definition) is 1. The molecule has 1 aromatic rings. The SMILES string of the molecule is Cc1cc(CC(C)C(=O)O)on1. The molecule has 0 saturated heterocycles. The molecule has 0 amide bonds. The normalized spacial score (nSPS) is 12.8. The molecule has 0 aromatic carbocycles. The molecular weight excluding hydrogens is 158 g/mol. The van der Waals surface area contributed by atoms with Gasteiger partial charge in [0.05, 0.1) is 11.6 Å². The molecular formula is C8H11NO3. The molecule has 0 saturated carbocycles. The fraction of sp³-hybridized carbons (Fsp3) is 0.500. The Kier molecular flexibility index (Phi) is 2.47. The van der Waals surface area contributed by atoms with Crippen LogP contribution in [0.15, 0.2) is 10.6 Å². The lowest BCUT2D eigenvalue weighted by Crippen LogP contribution is -2.11. The molecule has 0 aliphatic rings. The molecule has 66 valence electrons. The molecule has 0 aliphatic carbocycles. The van der Waals surface area contributed by atoms with Crippen molar-refractivity contribution >= 4 is 5.97 Å². The molecule has 1 unspecified atom stereocenters. The second kappa shape index (κ2) is 3.38. The highest BCUT2D eigenvalue weighted by Crippen LogP contribution is 2.09. The van der Waals surface area contributed by atoms with Crippen LogP contribution in [-0.4, -0.2) is 16.2 Å². The zero-order valence-corrected chi connectivity index (χ0v) is 7.07. The van der Waals surface area contributed by atoms with Crippen molar-refractivity contribution < 1.29 is 14.4 Å². The third kappa shape index (κ3) is 2.08. The summed E-state index contributed by atoms with van der Waals surface area (Å²) in [5, 5.41) is 12.2. The van der Waals surface area contributed by atoms with E-state index in [2.05, 4.69) is 5.16 Å². The molecule has 0 aliphatic heterocycles. The van der Waals surface area contributed by atoms with E-state index in [4.69, 9.17) is 9.63 Å². The number of hydrogen-bond acceptors (Lipinski definition) is 3. The number of aromatic nitrogens is 1. The van der Waals surface area contributed by atoms with Crippen LogP contribution in [0, 0.1) is 12.8 Å². The van der Waals surface area contributed by atoms with Crippen LogP contribution in [-0.2, 0) is 11.2 Å². The Labute approximate surface area is 70.2 Å². The van der Waals surface area contributed by atoms with Crippen LogP contribution in [0.3, 0.4) is 0 Å². The van der Waals surface area contributed by atoms with E-state index in [-0.39, 0.29) is 0 Å². The highest BCUT2D eigenvalue weighted by Gasteiger charge is 2.13. The van der Waals surface area contributed by atoms with Gasteiger partial charge in [-0.3, -0.25) is 4.79 Å². The maximum atomic E-state index is 10.4. The van der Waals surface area contributed by atoms with Gasteiger partial charge in [0.2, 0.25) is 0 Å². The first-order valence-electron chi connectivity index (χ1n) is 3.74. The number of rotatable bonds is 3. The van der Waals surface area contributed by atoms with Crippen molar-refractivity contribution in [1.82, 2.24) is 5.16 Å². The average Bonchev–Trinajstić information content (AvgIpc) is 2.35. The van der Waals surface area contributed by atoms with E-state index in [0.717, 1.165) is 5.69 Å². The molecule has 0 spiro atoms. The Morgan fingerprint density at radius 2 is 2.50 bits per heavy atom. The lowest BCUT2D eigenvalue weighted by atomic mass is 10.1. The van der Waals surface area contributed by atoms with Gasteiger partial charge in [0.15, 0.2) is 0 Å². The number of aliphatic carboxylic acids is 1. The Morgan fingerprint density at radius 3 is 2.92 bits per heavy atom. The van der Waals surface area contributed by atoms with Crippen molar-refractivity contribution in [3.63, 3.8) is 0 Å². The number of nitrogens with zero attached hydrogens (tertiary/aromatic N) is 1. The zero-order chi connectivity index (χ0) is 9.14. The molecule has 12 heavy (non-hydrogen) atoms. The fourth-order valence-corrected chi connectivity index (χ4v) is 0.902. The van der Waals surface area contributed by atoms with Crippen molar-refractivity contribution in [3.05, 3.63) is 17.5 Å². The molecule has 1 N–H and O–H groups in total. The number of aryl methyl sites for hydroxylation is 1. The molecule has 0 bridgehead atoms. The number of carboxylic acids is 1.